The van der Waals surface area contributed by atoms with Crippen LogP contribution in [-0.4, -0.2) is 27.7 Å². The highest BCUT2D eigenvalue weighted by Gasteiger charge is 2.25. The molecular formula is C17H16N4O2S2. The normalized spacial score (nSPS) is 18.6. The van der Waals surface area contributed by atoms with Crippen LogP contribution in [0.5, 0.6) is 0 Å². The number of carbonyl (C=O) groups excluding carboxylic acids is 2. The van der Waals surface area contributed by atoms with E-state index in [-0.39, 0.29) is 11.1 Å². The van der Waals surface area contributed by atoms with Gasteiger partial charge in [0.2, 0.25) is 0 Å². The number of amides is 2. The first kappa shape index (κ1) is 16.3. The fourth-order valence-electron chi connectivity index (χ4n) is 2.51. The van der Waals surface area contributed by atoms with Crippen molar-refractivity contribution < 1.29 is 9.59 Å². The lowest BCUT2D eigenvalue weighted by atomic mass is 10.2. The van der Waals surface area contributed by atoms with Crippen LogP contribution < -0.4 is 10.6 Å². The lowest BCUT2D eigenvalue weighted by Gasteiger charge is -2.05. The number of thioether (sulfide) groups is 1. The van der Waals surface area contributed by atoms with Crippen LogP contribution in [0.2, 0.25) is 0 Å². The summed E-state index contributed by atoms with van der Waals surface area (Å²) in [5.74, 6) is 1.32. The van der Waals surface area contributed by atoms with Gasteiger partial charge in [-0.15, -0.1) is 11.3 Å². The van der Waals surface area contributed by atoms with Gasteiger partial charge in [0.1, 0.15) is 5.82 Å². The van der Waals surface area contributed by atoms with Gasteiger partial charge < -0.3 is 5.32 Å². The Balaban J connectivity index is 1.46. The summed E-state index contributed by atoms with van der Waals surface area (Å²) in [6, 6.07) is 1.95. The van der Waals surface area contributed by atoms with Crippen LogP contribution in [0.25, 0.3) is 17.3 Å². The van der Waals surface area contributed by atoms with Gasteiger partial charge in [-0.2, -0.15) is 0 Å². The Labute approximate surface area is 153 Å². The molecule has 0 unspecified atom stereocenters. The van der Waals surface area contributed by atoms with E-state index >= 15 is 0 Å². The van der Waals surface area contributed by atoms with Gasteiger partial charge >= 0.3 is 0 Å². The van der Waals surface area contributed by atoms with Crippen molar-refractivity contribution in [2.45, 2.75) is 19.3 Å². The van der Waals surface area contributed by atoms with Gasteiger partial charge in [0, 0.05) is 22.4 Å². The predicted octanol–water partition coefficient (Wildman–Crippen LogP) is 3.74. The quantitative estimate of drug-likeness (QED) is 0.752. The minimum absolute atomic E-state index is 0.330. The molecule has 2 amide bonds. The lowest BCUT2D eigenvalue weighted by molar-refractivity contribution is -0.115. The molecule has 1 saturated carbocycles. The summed E-state index contributed by atoms with van der Waals surface area (Å²) in [5.41, 5.74) is 1.74. The van der Waals surface area contributed by atoms with Gasteiger partial charge in [-0.25, -0.2) is 4.98 Å². The fraction of sp³-hybridized carbons (Fsp3) is 0.294. The van der Waals surface area contributed by atoms with Gasteiger partial charge in [0.25, 0.3) is 11.1 Å². The Morgan fingerprint density at radius 1 is 1.32 bits per heavy atom. The third kappa shape index (κ3) is 4.08. The Morgan fingerprint density at radius 3 is 2.96 bits per heavy atom. The number of nitrogens with one attached hydrogen (secondary N) is 2. The van der Waals surface area contributed by atoms with E-state index in [0.717, 1.165) is 46.2 Å². The summed E-state index contributed by atoms with van der Waals surface area (Å²) in [6.07, 6.45) is 9.07. The molecule has 0 radical (unpaired) electrons. The van der Waals surface area contributed by atoms with Gasteiger partial charge in [-0.1, -0.05) is 12.8 Å². The summed E-state index contributed by atoms with van der Waals surface area (Å²) >= 11 is 2.42. The highest BCUT2D eigenvalue weighted by molar-refractivity contribution is 8.18. The third-order valence-corrected chi connectivity index (χ3v) is 5.71. The molecule has 2 aliphatic rings. The van der Waals surface area contributed by atoms with Crippen LogP contribution in [-0.2, 0) is 4.79 Å². The highest BCUT2D eigenvalue weighted by Crippen LogP contribution is 2.32. The van der Waals surface area contributed by atoms with Crippen LogP contribution in [0.1, 0.15) is 24.1 Å². The average Bonchev–Trinajstić information content (AvgIpc) is 3.20. The largest absolute Gasteiger partial charge is 0.369 e. The molecule has 2 aromatic rings. The van der Waals surface area contributed by atoms with Crippen molar-refractivity contribution >= 4 is 46.1 Å². The van der Waals surface area contributed by atoms with Crippen LogP contribution in [0.3, 0.4) is 0 Å². The molecule has 25 heavy (non-hydrogen) atoms. The van der Waals surface area contributed by atoms with Crippen molar-refractivity contribution in [3.05, 3.63) is 33.6 Å². The van der Waals surface area contributed by atoms with Gasteiger partial charge in [-0.05, 0) is 36.2 Å². The van der Waals surface area contributed by atoms with Crippen LogP contribution in [0.4, 0.5) is 10.6 Å². The van der Waals surface area contributed by atoms with Gasteiger partial charge in [0.15, 0.2) is 0 Å². The second kappa shape index (κ2) is 6.97. The number of rotatable bonds is 6. The maximum absolute atomic E-state index is 11.6. The number of hydrogen-bond acceptors (Lipinski definition) is 7. The molecular weight excluding hydrogens is 356 g/mol. The predicted molar refractivity (Wildman–Crippen MR) is 100 cm³/mol. The van der Waals surface area contributed by atoms with Crippen molar-refractivity contribution in [1.82, 2.24) is 15.3 Å². The van der Waals surface area contributed by atoms with Gasteiger partial charge in [0.05, 0.1) is 23.0 Å². The number of anilines is 1. The lowest BCUT2D eigenvalue weighted by Crippen LogP contribution is -2.17. The molecule has 1 saturated heterocycles. The van der Waals surface area contributed by atoms with E-state index in [1.54, 1.807) is 18.5 Å². The maximum atomic E-state index is 11.6. The van der Waals surface area contributed by atoms with E-state index in [0.29, 0.717) is 4.91 Å². The molecule has 0 spiro atoms. The standard InChI is InChI=1S/C17H16N4O2S2/c22-16-14(25-17(23)21-16)6-12-5-11(9-24-12)13-7-18-8-15(20-13)19-4-3-10-1-2-10/h5-10H,1-4H2,(H,19,20)(H,21,22,23)/b14-6-. The summed E-state index contributed by atoms with van der Waals surface area (Å²) in [5, 5.41) is 7.23. The molecule has 0 atom stereocenters. The Morgan fingerprint density at radius 2 is 2.20 bits per heavy atom. The molecule has 1 aliphatic carbocycles. The molecule has 2 fully saturated rings. The number of carbonyl (C=O) groups is 2. The van der Waals surface area contributed by atoms with E-state index in [2.05, 4.69) is 20.6 Å². The van der Waals surface area contributed by atoms with E-state index in [1.807, 2.05) is 11.4 Å². The Bertz CT molecular complexity index is 858. The summed E-state index contributed by atoms with van der Waals surface area (Å²) in [6.45, 7) is 0.921. The van der Waals surface area contributed by atoms with Crippen LogP contribution >= 0.6 is 23.1 Å². The topological polar surface area (TPSA) is 84.0 Å². The first-order chi connectivity index (χ1) is 12.2. The van der Waals surface area contributed by atoms with Crippen LogP contribution in [0, 0.1) is 5.92 Å². The molecule has 0 aromatic carbocycles. The third-order valence-electron chi connectivity index (χ3n) is 4.02. The van der Waals surface area contributed by atoms with E-state index in [1.165, 1.54) is 30.6 Å². The Hall–Kier alpha value is -2.19. The van der Waals surface area contributed by atoms with Crippen molar-refractivity contribution in [2.24, 2.45) is 5.92 Å². The van der Waals surface area contributed by atoms with Crippen LogP contribution in [0.15, 0.2) is 28.7 Å². The molecule has 4 rings (SSSR count). The minimum Gasteiger partial charge on any atom is -0.369 e. The van der Waals surface area contributed by atoms with E-state index in [9.17, 15) is 9.59 Å². The molecule has 1 aliphatic heterocycles. The van der Waals surface area contributed by atoms with Crippen molar-refractivity contribution in [2.75, 3.05) is 11.9 Å². The first-order valence-electron chi connectivity index (χ1n) is 8.07. The molecule has 3 heterocycles. The average molecular weight is 372 g/mol. The zero-order valence-electron chi connectivity index (χ0n) is 13.3. The van der Waals surface area contributed by atoms with E-state index < -0.39 is 0 Å². The maximum Gasteiger partial charge on any atom is 0.290 e. The Kier molecular flexibility index (Phi) is 4.54. The zero-order chi connectivity index (χ0) is 17.2. The summed E-state index contributed by atoms with van der Waals surface area (Å²) in [7, 11) is 0. The molecule has 2 N–H and O–H groups in total. The summed E-state index contributed by atoms with van der Waals surface area (Å²) < 4.78 is 0. The fourth-order valence-corrected chi connectivity index (χ4v) is 4.09. The highest BCUT2D eigenvalue weighted by atomic mass is 32.2. The molecule has 128 valence electrons. The molecule has 6 nitrogen and oxygen atoms in total. The number of hydrogen-bond donors (Lipinski definition) is 2. The number of thiophene rings is 1. The molecule has 8 heteroatoms. The smallest absolute Gasteiger partial charge is 0.290 e. The monoisotopic (exact) mass is 372 g/mol. The number of aromatic nitrogens is 2. The van der Waals surface area contributed by atoms with E-state index in [4.69, 9.17) is 0 Å². The van der Waals surface area contributed by atoms with Gasteiger partial charge in [-0.3, -0.25) is 19.9 Å². The number of imide groups is 1. The summed E-state index contributed by atoms with van der Waals surface area (Å²) in [4.78, 5) is 33.0. The first-order valence-corrected chi connectivity index (χ1v) is 9.77. The number of nitrogens with zero attached hydrogens (tertiary/aromatic N) is 2. The van der Waals surface area contributed by atoms with Crippen molar-refractivity contribution in [1.29, 1.82) is 0 Å². The second-order valence-corrected chi connectivity index (χ2v) is 8.00. The van der Waals surface area contributed by atoms with Crippen molar-refractivity contribution in [3.63, 3.8) is 0 Å². The minimum atomic E-state index is -0.341. The molecule has 0 bridgehead atoms. The SMILES string of the molecule is O=C1NC(=O)/C(=C/c2cc(-c3cncc(NCCC4CC4)n3)cs2)S1. The second-order valence-electron chi connectivity index (χ2n) is 6.04. The zero-order valence-corrected chi connectivity index (χ0v) is 15.0. The molecule has 2 aromatic heterocycles. The van der Waals surface area contributed by atoms with Crippen molar-refractivity contribution in [3.8, 4) is 11.3 Å².